The van der Waals surface area contributed by atoms with E-state index in [2.05, 4.69) is 10.6 Å². The molecule has 0 atom stereocenters. The Bertz CT molecular complexity index is 628. The standard InChI is InChI=1S/C19H27N3O3.ClH/c20-13-19(7-9-25-10-8-19)18(24)21-12-14-3-1-6-16(11-14)22-17(23)15-4-2-5-15;/h1,3,6,11,15H,2,4-5,7-10,12-13,20H2,(H,21,24)(H,22,23);1H. The minimum absolute atomic E-state index is 0. The minimum Gasteiger partial charge on any atom is -0.381 e. The average Bonchev–Trinajstić information content (AvgIpc) is 2.59. The van der Waals surface area contributed by atoms with Gasteiger partial charge in [0.1, 0.15) is 0 Å². The molecule has 1 saturated heterocycles. The summed E-state index contributed by atoms with van der Waals surface area (Å²) in [6.45, 7) is 1.91. The molecular formula is C19H28ClN3O3. The average molecular weight is 382 g/mol. The summed E-state index contributed by atoms with van der Waals surface area (Å²) in [6.07, 6.45) is 4.41. The summed E-state index contributed by atoms with van der Waals surface area (Å²) in [5.41, 5.74) is 7.09. The molecule has 26 heavy (non-hydrogen) atoms. The number of benzene rings is 1. The molecule has 0 aromatic heterocycles. The summed E-state index contributed by atoms with van der Waals surface area (Å²) in [7, 11) is 0. The molecule has 2 fully saturated rings. The van der Waals surface area contributed by atoms with E-state index in [0.29, 0.717) is 39.1 Å². The topological polar surface area (TPSA) is 93.5 Å². The maximum atomic E-state index is 12.6. The number of nitrogens with one attached hydrogen (secondary N) is 2. The fourth-order valence-corrected chi connectivity index (χ4v) is 3.33. The summed E-state index contributed by atoms with van der Waals surface area (Å²) < 4.78 is 5.35. The Balaban J connectivity index is 0.00000243. The number of rotatable bonds is 6. The van der Waals surface area contributed by atoms with Gasteiger partial charge in [-0.3, -0.25) is 9.59 Å². The predicted octanol–water partition coefficient (Wildman–Crippen LogP) is 2.22. The van der Waals surface area contributed by atoms with E-state index in [-0.39, 0.29) is 30.1 Å². The van der Waals surface area contributed by atoms with E-state index in [4.69, 9.17) is 10.5 Å². The van der Waals surface area contributed by atoms with Crippen molar-refractivity contribution >= 4 is 29.9 Å². The molecule has 2 aliphatic rings. The zero-order valence-electron chi connectivity index (χ0n) is 15.0. The number of ether oxygens (including phenoxy) is 1. The molecule has 6 nitrogen and oxygen atoms in total. The lowest BCUT2D eigenvalue weighted by molar-refractivity contribution is -0.136. The quantitative estimate of drug-likeness (QED) is 0.704. The summed E-state index contributed by atoms with van der Waals surface area (Å²) in [5.74, 6) is 0.236. The molecule has 0 bridgehead atoms. The molecule has 4 N–H and O–H groups in total. The smallest absolute Gasteiger partial charge is 0.227 e. The number of anilines is 1. The van der Waals surface area contributed by atoms with Crippen molar-refractivity contribution in [2.75, 3.05) is 25.1 Å². The van der Waals surface area contributed by atoms with Crippen LogP contribution in [-0.4, -0.2) is 31.6 Å². The van der Waals surface area contributed by atoms with Gasteiger partial charge in [0.05, 0.1) is 5.41 Å². The second-order valence-corrected chi connectivity index (χ2v) is 7.10. The molecule has 1 heterocycles. The third kappa shape index (κ3) is 4.75. The summed E-state index contributed by atoms with van der Waals surface area (Å²) in [6, 6.07) is 7.63. The van der Waals surface area contributed by atoms with Gasteiger partial charge in [0.25, 0.3) is 0 Å². The molecule has 1 aromatic rings. The Kier molecular flexibility index (Phi) is 7.43. The van der Waals surface area contributed by atoms with Crippen molar-refractivity contribution in [3.8, 4) is 0 Å². The molecule has 144 valence electrons. The fraction of sp³-hybridized carbons (Fsp3) is 0.579. The highest BCUT2D eigenvalue weighted by Crippen LogP contribution is 2.30. The summed E-state index contributed by atoms with van der Waals surface area (Å²) in [5, 5.41) is 5.96. The first-order valence-corrected chi connectivity index (χ1v) is 9.09. The van der Waals surface area contributed by atoms with Crippen molar-refractivity contribution in [2.45, 2.75) is 38.6 Å². The third-order valence-corrected chi connectivity index (χ3v) is 5.45. The zero-order valence-corrected chi connectivity index (χ0v) is 15.8. The lowest BCUT2D eigenvalue weighted by atomic mass is 9.79. The van der Waals surface area contributed by atoms with Gasteiger partial charge in [0, 0.05) is 37.9 Å². The third-order valence-electron chi connectivity index (χ3n) is 5.45. The van der Waals surface area contributed by atoms with Crippen LogP contribution < -0.4 is 16.4 Å². The zero-order chi connectivity index (χ0) is 17.7. The SMILES string of the molecule is Cl.NCC1(C(=O)NCc2cccc(NC(=O)C3CCC3)c2)CCOCC1. The van der Waals surface area contributed by atoms with Gasteiger partial charge < -0.3 is 21.1 Å². The maximum absolute atomic E-state index is 12.6. The predicted molar refractivity (Wildman–Crippen MR) is 103 cm³/mol. The van der Waals surface area contributed by atoms with Gasteiger partial charge in [-0.15, -0.1) is 12.4 Å². The van der Waals surface area contributed by atoms with Gasteiger partial charge in [-0.2, -0.15) is 0 Å². The van der Waals surface area contributed by atoms with E-state index < -0.39 is 5.41 Å². The van der Waals surface area contributed by atoms with Crippen LogP contribution in [0.5, 0.6) is 0 Å². The number of hydrogen-bond donors (Lipinski definition) is 3. The number of carbonyl (C=O) groups is 2. The number of nitrogens with two attached hydrogens (primary N) is 1. The largest absolute Gasteiger partial charge is 0.381 e. The van der Waals surface area contributed by atoms with E-state index in [9.17, 15) is 9.59 Å². The highest BCUT2D eigenvalue weighted by Gasteiger charge is 2.38. The maximum Gasteiger partial charge on any atom is 0.227 e. The van der Waals surface area contributed by atoms with E-state index in [0.717, 1.165) is 30.5 Å². The molecule has 3 rings (SSSR count). The van der Waals surface area contributed by atoms with Crippen molar-refractivity contribution < 1.29 is 14.3 Å². The Hall–Kier alpha value is -1.63. The van der Waals surface area contributed by atoms with Crippen molar-refractivity contribution in [3.63, 3.8) is 0 Å². The van der Waals surface area contributed by atoms with Gasteiger partial charge in [-0.1, -0.05) is 18.6 Å². The van der Waals surface area contributed by atoms with Crippen LogP contribution in [0, 0.1) is 11.3 Å². The first-order valence-electron chi connectivity index (χ1n) is 9.09. The highest BCUT2D eigenvalue weighted by atomic mass is 35.5. The van der Waals surface area contributed by atoms with Crippen LogP contribution in [-0.2, 0) is 20.9 Å². The first-order chi connectivity index (χ1) is 12.1. The molecule has 7 heteroatoms. The lowest BCUT2D eigenvalue weighted by Gasteiger charge is -2.34. The molecule has 2 amide bonds. The number of halogens is 1. The molecule has 1 aliphatic heterocycles. The Morgan fingerprint density at radius 3 is 2.58 bits per heavy atom. The monoisotopic (exact) mass is 381 g/mol. The number of amides is 2. The fourth-order valence-electron chi connectivity index (χ4n) is 3.33. The normalized spacial score (nSPS) is 19.0. The van der Waals surface area contributed by atoms with Crippen LogP contribution in [0.4, 0.5) is 5.69 Å². The molecule has 1 saturated carbocycles. The second kappa shape index (κ2) is 9.35. The van der Waals surface area contributed by atoms with Crippen LogP contribution in [0.15, 0.2) is 24.3 Å². The Labute approximate surface area is 160 Å². The van der Waals surface area contributed by atoms with E-state index in [1.807, 2.05) is 24.3 Å². The van der Waals surface area contributed by atoms with Crippen LogP contribution in [0.25, 0.3) is 0 Å². The van der Waals surface area contributed by atoms with Crippen LogP contribution in [0.2, 0.25) is 0 Å². The molecule has 0 radical (unpaired) electrons. The van der Waals surface area contributed by atoms with Crippen LogP contribution >= 0.6 is 12.4 Å². The van der Waals surface area contributed by atoms with E-state index in [1.165, 1.54) is 0 Å². The molecule has 0 spiro atoms. The van der Waals surface area contributed by atoms with Gasteiger partial charge in [0.2, 0.25) is 11.8 Å². The van der Waals surface area contributed by atoms with E-state index >= 15 is 0 Å². The molecule has 1 aliphatic carbocycles. The number of hydrogen-bond acceptors (Lipinski definition) is 4. The van der Waals surface area contributed by atoms with E-state index in [1.54, 1.807) is 0 Å². The Morgan fingerprint density at radius 2 is 1.96 bits per heavy atom. The summed E-state index contributed by atoms with van der Waals surface area (Å²) >= 11 is 0. The van der Waals surface area contributed by atoms with Gasteiger partial charge >= 0.3 is 0 Å². The molecule has 1 aromatic carbocycles. The second-order valence-electron chi connectivity index (χ2n) is 7.10. The van der Waals surface area contributed by atoms with Crippen molar-refractivity contribution in [1.82, 2.24) is 5.32 Å². The Morgan fingerprint density at radius 1 is 1.23 bits per heavy atom. The minimum atomic E-state index is -0.520. The molecular weight excluding hydrogens is 354 g/mol. The number of carbonyl (C=O) groups excluding carboxylic acids is 2. The lowest BCUT2D eigenvalue weighted by Crippen LogP contribution is -2.48. The molecule has 0 unspecified atom stereocenters. The van der Waals surface area contributed by atoms with Crippen molar-refractivity contribution in [2.24, 2.45) is 17.1 Å². The highest BCUT2D eigenvalue weighted by molar-refractivity contribution is 5.93. The first kappa shape index (κ1) is 20.7. The van der Waals surface area contributed by atoms with Crippen molar-refractivity contribution in [3.05, 3.63) is 29.8 Å². The van der Waals surface area contributed by atoms with Crippen LogP contribution in [0.1, 0.15) is 37.7 Å². The summed E-state index contributed by atoms with van der Waals surface area (Å²) in [4.78, 5) is 24.7. The van der Waals surface area contributed by atoms with Gasteiger partial charge in [-0.25, -0.2) is 0 Å². The van der Waals surface area contributed by atoms with Crippen LogP contribution in [0.3, 0.4) is 0 Å². The van der Waals surface area contributed by atoms with Crippen molar-refractivity contribution in [1.29, 1.82) is 0 Å². The van der Waals surface area contributed by atoms with Gasteiger partial charge in [0.15, 0.2) is 0 Å². The van der Waals surface area contributed by atoms with Gasteiger partial charge in [-0.05, 0) is 43.4 Å².